The van der Waals surface area contributed by atoms with Gasteiger partial charge in [0.25, 0.3) is 5.56 Å². The second-order valence-electron chi connectivity index (χ2n) is 2.09. The Morgan fingerprint density at radius 1 is 1.73 bits per heavy atom. The van der Waals surface area contributed by atoms with Crippen molar-refractivity contribution in [1.29, 1.82) is 0 Å². The molecule has 0 aliphatic heterocycles. The number of hydrogen-bond donors (Lipinski definition) is 0. The van der Waals surface area contributed by atoms with Gasteiger partial charge in [0.2, 0.25) is 0 Å². The van der Waals surface area contributed by atoms with Gasteiger partial charge in [-0.3, -0.25) is 4.79 Å². The van der Waals surface area contributed by atoms with Crippen molar-refractivity contribution < 1.29 is 4.39 Å². The SMILES string of the molecule is CCn1cc(F)c(I)cc1=O. The number of aromatic nitrogens is 1. The number of hydrogen-bond acceptors (Lipinski definition) is 1. The molecule has 1 aromatic rings. The molecule has 0 aromatic carbocycles. The minimum Gasteiger partial charge on any atom is -0.313 e. The number of halogens is 2. The zero-order valence-electron chi connectivity index (χ0n) is 5.97. The number of nitrogens with zero attached hydrogens (tertiary/aromatic N) is 1. The maximum absolute atomic E-state index is 12.8. The minimum absolute atomic E-state index is 0.154. The summed E-state index contributed by atoms with van der Waals surface area (Å²) in [5.41, 5.74) is -0.154. The Morgan fingerprint density at radius 3 is 2.91 bits per heavy atom. The molecule has 0 saturated carbocycles. The van der Waals surface area contributed by atoms with Crippen LogP contribution in [-0.2, 0) is 6.54 Å². The van der Waals surface area contributed by atoms with E-state index < -0.39 is 0 Å². The van der Waals surface area contributed by atoms with Gasteiger partial charge < -0.3 is 4.57 Å². The summed E-state index contributed by atoms with van der Waals surface area (Å²) in [6.45, 7) is 2.31. The highest BCUT2D eigenvalue weighted by Crippen LogP contribution is 2.05. The maximum Gasteiger partial charge on any atom is 0.251 e. The molecule has 0 saturated heterocycles. The fraction of sp³-hybridized carbons (Fsp3) is 0.286. The second-order valence-corrected chi connectivity index (χ2v) is 3.26. The molecule has 0 aliphatic carbocycles. The molecule has 0 unspecified atom stereocenters. The molecular formula is C7H7FINO. The van der Waals surface area contributed by atoms with Gasteiger partial charge in [-0.15, -0.1) is 0 Å². The summed E-state index contributed by atoms with van der Waals surface area (Å²) in [5.74, 6) is -0.341. The summed E-state index contributed by atoms with van der Waals surface area (Å²) in [6, 6.07) is 1.29. The van der Waals surface area contributed by atoms with Gasteiger partial charge in [-0.25, -0.2) is 4.39 Å². The van der Waals surface area contributed by atoms with Crippen LogP contribution in [0.5, 0.6) is 0 Å². The Balaban J connectivity index is 3.32. The average Bonchev–Trinajstić information content (AvgIpc) is 1.97. The van der Waals surface area contributed by atoms with Gasteiger partial charge in [-0.1, -0.05) is 0 Å². The van der Waals surface area contributed by atoms with Gasteiger partial charge in [0.05, 0.1) is 3.57 Å². The van der Waals surface area contributed by atoms with Crippen LogP contribution in [0.25, 0.3) is 0 Å². The van der Waals surface area contributed by atoms with Crippen molar-refractivity contribution in [3.05, 3.63) is 32.0 Å². The lowest BCUT2D eigenvalue weighted by Crippen LogP contribution is -2.18. The first-order valence-corrected chi connectivity index (χ1v) is 4.28. The monoisotopic (exact) mass is 267 g/mol. The highest BCUT2D eigenvalue weighted by molar-refractivity contribution is 14.1. The molecule has 11 heavy (non-hydrogen) atoms. The maximum atomic E-state index is 12.8. The molecule has 1 heterocycles. The molecule has 0 fully saturated rings. The van der Waals surface area contributed by atoms with E-state index in [1.54, 1.807) is 29.5 Å². The number of rotatable bonds is 1. The summed E-state index contributed by atoms with van der Waals surface area (Å²) < 4.78 is 14.5. The smallest absolute Gasteiger partial charge is 0.251 e. The molecule has 0 aliphatic rings. The Kier molecular flexibility index (Phi) is 2.64. The fourth-order valence-corrected chi connectivity index (χ4v) is 1.18. The van der Waals surface area contributed by atoms with Gasteiger partial charge in [-0.2, -0.15) is 0 Å². The summed E-state index contributed by atoms with van der Waals surface area (Å²) in [5, 5.41) is 0. The molecular weight excluding hydrogens is 260 g/mol. The summed E-state index contributed by atoms with van der Waals surface area (Å²) in [4.78, 5) is 11.0. The zero-order valence-corrected chi connectivity index (χ0v) is 8.13. The normalized spacial score (nSPS) is 10.1. The fourth-order valence-electron chi connectivity index (χ4n) is 0.769. The number of pyridine rings is 1. The molecule has 60 valence electrons. The predicted molar refractivity (Wildman–Crippen MR) is 49.1 cm³/mol. The molecule has 0 atom stereocenters. The summed E-state index contributed by atoms with van der Waals surface area (Å²) >= 11 is 1.79. The van der Waals surface area contributed by atoms with Crippen molar-refractivity contribution in [3.63, 3.8) is 0 Å². The molecule has 0 radical (unpaired) electrons. The van der Waals surface area contributed by atoms with E-state index in [0.717, 1.165) is 0 Å². The van der Waals surface area contributed by atoms with E-state index in [0.29, 0.717) is 10.1 Å². The van der Waals surface area contributed by atoms with E-state index >= 15 is 0 Å². The van der Waals surface area contributed by atoms with E-state index in [9.17, 15) is 9.18 Å². The lowest BCUT2D eigenvalue weighted by Gasteiger charge is -2.00. The van der Waals surface area contributed by atoms with Gasteiger partial charge in [-0.05, 0) is 29.5 Å². The zero-order chi connectivity index (χ0) is 8.43. The second kappa shape index (κ2) is 3.34. The first-order chi connectivity index (χ1) is 5.15. The Bertz CT molecular complexity index is 321. The highest BCUT2D eigenvalue weighted by atomic mass is 127. The van der Waals surface area contributed by atoms with Crippen molar-refractivity contribution in [2.24, 2.45) is 0 Å². The summed E-state index contributed by atoms with van der Waals surface area (Å²) in [7, 11) is 0. The average molecular weight is 267 g/mol. The Labute approximate surface area is 77.2 Å². The molecule has 2 nitrogen and oxygen atoms in total. The topological polar surface area (TPSA) is 22.0 Å². The molecule has 0 spiro atoms. The molecule has 0 amide bonds. The lowest BCUT2D eigenvalue weighted by molar-refractivity contribution is 0.583. The highest BCUT2D eigenvalue weighted by Gasteiger charge is 2.01. The van der Waals surface area contributed by atoms with Crippen molar-refractivity contribution in [2.45, 2.75) is 13.5 Å². The first-order valence-electron chi connectivity index (χ1n) is 3.20. The van der Waals surface area contributed by atoms with Gasteiger partial charge in [0.1, 0.15) is 0 Å². The van der Waals surface area contributed by atoms with Crippen LogP contribution in [0, 0.1) is 9.39 Å². The van der Waals surface area contributed by atoms with Crippen molar-refractivity contribution in [3.8, 4) is 0 Å². The molecule has 1 aromatic heterocycles. The number of aryl methyl sites for hydroxylation is 1. The largest absolute Gasteiger partial charge is 0.313 e. The third-order valence-corrected chi connectivity index (χ3v) is 2.20. The van der Waals surface area contributed by atoms with Crippen molar-refractivity contribution in [2.75, 3.05) is 0 Å². The third kappa shape index (κ3) is 1.79. The van der Waals surface area contributed by atoms with E-state index in [-0.39, 0.29) is 11.4 Å². The van der Waals surface area contributed by atoms with Gasteiger partial charge >= 0.3 is 0 Å². The predicted octanol–water partition coefficient (Wildman–Crippen LogP) is 1.61. The van der Waals surface area contributed by atoms with Crippen LogP contribution in [0.1, 0.15) is 6.92 Å². The van der Waals surface area contributed by atoms with Crippen molar-refractivity contribution >= 4 is 22.6 Å². The molecule has 1 rings (SSSR count). The van der Waals surface area contributed by atoms with Crippen LogP contribution in [0.3, 0.4) is 0 Å². The van der Waals surface area contributed by atoms with Crippen LogP contribution in [-0.4, -0.2) is 4.57 Å². The molecule has 4 heteroatoms. The van der Waals surface area contributed by atoms with Gasteiger partial charge in [0, 0.05) is 18.8 Å². The van der Waals surface area contributed by atoms with E-state index in [1.807, 2.05) is 0 Å². The third-order valence-electron chi connectivity index (χ3n) is 1.37. The van der Waals surface area contributed by atoms with Gasteiger partial charge in [0.15, 0.2) is 5.82 Å². The quantitative estimate of drug-likeness (QED) is 0.708. The van der Waals surface area contributed by atoms with E-state index in [1.165, 1.54) is 16.8 Å². The van der Waals surface area contributed by atoms with Crippen LogP contribution < -0.4 is 5.56 Å². The molecule has 0 bridgehead atoms. The van der Waals surface area contributed by atoms with Crippen LogP contribution in [0.4, 0.5) is 4.39 Å². The van der Waals surface area contributed by atoms with E-state index in [2.05, 4.69) is 0 Å². The molecule has 0 N–H and O–H groups in total. The van der Waals surface area contributed by atoms with Crippen LogP contribution in [0.15, 0.2) is 17.1 Å². The van der Waals surface area contributed by atoms with Crippen LogP contribution >= 0.6 is 22.6 Å². The van der Waals surface area contributed by atoms with Crippen molar-refractivity contribution in [1.82, 2.24) is 4.57 Å². The Morgan fingerprint density at radius 2 is 2.36 bits per heavy atom. The Hall–Kier alpha value is -0.390. The van der Waals surface area contributed by atoms with E-state index in [4.69, 9.17) is 0 Å². The van der Waals surface area contributed by atoms with Crippen LogP contribution in [0.2, 0.25) is 0 Å². The summed E-state index contributed by atoms with van der Waals surface area (Å²) in [6.07, 6.45) is 1.23. The standard InChI is InChI=1S/C7H7FINO/c1-2-10-4-5(8)6(9)3-7(10)11/h3-4H,2H2,1H3. The minimum atomic E-state index is -0.341. The lowest BCUT2D eigenvalue weighted by atomic mass is 10.4. The first kappa shape index (κ1) is 8.70.